The van der Waals surface area contributed by atoms with Gasteiger partial charge in [-0.25, -0.2) is 4.39 Å². The van der Waals surface area contributed by atoms with Crippen LogP contribution in [0.4, 0.5) is 15.8 Å². The van der Waals surface area contributed by atoms with Gasteiger partial charge in [-0.05, 0) is 12.1 Å². The fourth-order valence-corrected chi connectivity index (χ4v) is 1.21. The van der Waals surface area contributed by atoms with Crippen LogP contribution in [0.25, 0.3) is 0 Å². The SMILES string of the molecule is O=C1Nc2ccccc2NC(=O)C1F. The molecule has 0 spiro atoms. The van der Waals surface area contributed by atoms with Crippen molar-refractivity contribution in [2.45, 2.75) is 6.17 Å². The average molecular weight is 194 g/mol. The Morgan fingerprint density at radius 3 is 1.86 bits per heavy atom. The van der Waals surface area contributed by atoms with E-state index in [1.165, 1.54) is 0 Å². The number of hydrogen-bond donors (Lipinski definition) is 2. The lowest BCUT2D eigenvalue weighted by Crippen LogP contribution is -2.32. The van der Waals surface area contributed by atoms with E-state index < -0.39 is 18.0 Å². The Hall–Kier alpha value is -1.91. The maximum Gasteiger partial charge on any atom is 0.268 e. The Bertz CT molecular complexity index is 369. The Morgan fingerprint density at radius 2 is 1.43 bits per heavy atom. The fraction of sp³-hybridized carbons (Fsp3) is 0.111. The van der Waals surface area contributed by atoms with Crippen molar-refractivity contribution in [2.24, 2.45) is 0 Å². The predicted molar refractivity (Wildman–Crippen MR) is 48.6 cm³/mol. The first kappa shape index (κ1) is 8.68. The van der Waals surface area contributed by atoms with Gasteiger partial charge in [0, 0.05) is 0 Å². The molecule has 1 aliphatic heterocycles. The van der Waals surface area contributed by atoms with Crippen molar-refractivity contribution in [1.82, 2.24) is 0 Å². The third-order valence-corrected chi connectivity index (χ3v) is 1.90. The van der Waals surface area contributed by atoms with Crippen molar-refractivity contribution in [3.63, 3.8) is 0 Å². The molecule has 1 aliphatic rings. The third-order valence-electron chi connectivity index (χ3n) is 1.90. The lowest BCUT2D eigenvalue weighted by Gasteiger charge is -2.04. The monoisotopic (exact) mass is 194 g/mol. The second kappa shape index (κ2) is 3.10. The van der Waals surface area contributed by atoms with Crippen molar-refractivity contribution >= 4 is 23.2 Å². The van der Waals surface area contributed by atoms with E-state index in [2.05, 4.69) is 10.6 Å². The van der Waals surface area contributed by atoms with Gasteiger partial charge < -0.3 is 10.6 Å². The Balaban J connectivity index is 2.44. The van der Waals surface area contributed by atoms with Crippen LogP contribution in [-0.2, 0) is 9.59 Å². The first-order valence-electron chi connectivity index (χ1n) is 4.03. The first-order valence-corrected chi connectivity index (χ1v) is 4.03. The molecule has 0 aromatic heterocycles. The number of rotatable bonds is 0. The van der Waals surface area contributed by atoms with E-state index in [0.717, 1.165) is 0 Å². The number of amides is 2. The van der Waals surface area contributed by atoms with Crippen LogP contribution >= 0.6 is 0 Å². The summed E-state index contributed by atoms with van der Waals surface area (Å²) < 4.78 is 13.0. The number of nitrogens with one attached hydrogen (secondary N) is 2. The number of anilines is 2. The number of alkyl halides is 1. The van der Waals surface area contributed by atoms with Crippen LogP contribution in [0.5, 0.6) is 0 Å². The molecule has 0 saturated carbocycles. The predicted octanol–water partition coefficient (Wildman–Crippen LogP) is 0.915. The van der Waals surface area contributed by atoms with Crippen molar-refractivity contribution < 1.29 is 14.0 Å². The van der Waals surface area contributed by atoms with Crippen LogP contribution < -0.4 is 10.6 Å². The lowest BCUT2D eigenvalue weighted by molar-refractivity contribution is -0.130. The summed E-state index contributed by atoms with van der Waals surface area (Å²) in [5.41, 5.74) is 0.817. The topological polar surface area (TPSA) is 58.2 Å². The summed E-state index contributed by atoms with van der Waals surface area (Å²) in [6.07, 6.45) is -2.15. The molecular weight excluding hydrogens is 187 g/mol. The number of carbonyl (C=O) groups excluding carboxylic acids is 2. The fourth-order valence-electron chi connectivity index (χ4n) is 1.21. The van der Waals surface area contributed by atoms with E-state index in [4.69, 9.17) is 0 Å². The highest BCUT2D eigenvalue weighted by Gasteiger charge is 2.30. The highest BCUT2D eigenvalue weighted by Crippen LogP contribution is 2.24. The van der Waals surface area contributed by atoms with Gasteiger partial charge >= 0.3 is 0 Å². The summed E-state index contributed by atoms with van der Waals surface area (Å²) >= 11 is 0. The van der Waals surface area contributed by atoms with Crippen molar-refractivity contribution in [2.75, 3.05) is 10.6 Å². The summed E-state index contributed by atoms with van der Waals surface area (Å²) in [4.78, 5) is 22.1. The summed E-state index contributed by atoms with van der Waals surface area (Å²) in [6.45, 7) is 0. The highest BCUT2D eigenvalue weighted by molar-refractivity contribution is 6.17. The molecule has 1 aromatic rings. The summed E-state index contributed by atoms with van der Waals surface area (Å²) in [6, 6.07) is 6.55. The van der Waals surface area contributed by atoms with Gasteiger partial charge in [0.15, 0.2) is 0 Å². The number of hydrogen-bond acceptors (Lipinski definition) is 2. The minimum absolute atomic E-state index is 0.408. The van der Waals surface area contributed by atoms with Gasteiger partial charge in [0.1, 0.15) is 0 Å². The Morgan fingerprint density at radius 1 is 1.00 bits per heavy atom. The Labute approximate surface area is 79.1 Å². The van der Waals surface area contributed by atoms with Gasteiger partial charge in [-0.1, -0.05) is 12.1 Å². The lowest BCUT2D eigenvalue weighted by atomic mass is 10.2. The second-order valence-electron chi connectivity index (χ2n) is 2.89. The van der Waals surface area contributed by atoms with E-state index in [0.29, 0.717) is 11.4 Å². The highest BCUT2D eigenvalue weighted by atomic mass is 19.1. The third kappa shape index (κ3) is 1.32. The van der Waals surface area contributed by atoms with Gasteiger partial charge in [-0.15, -0.1) is 0 Å². The first-order chi connectivity index (χ1) is 6.68. The largest absolute Gasteiger partial charge is 0.321 e. The quantitative estimate of drug-likeness (QED) is 0.603. The van der Waals surface area contributed by atoms with Gasteiger partial charge in [-0.2, -0.15) is 0 Å². The van der Waals surface area contributed by atoms with Crippen LogP contribution in [0, 0.1) is 0 Å². The Kier molecular flexibility index (Phi) is 1.92. The molecule has 0 atom stereocenters. The molecule has 1 aromatic carbocycles. The zero-order valence-corrected chi connectivity index (χ0v) is 7.08. The standard InChI is InChI=1S/C9H7FN2O2/c10-7-8(13)11-5-3-1-2-4-6(5)12-9(7)14/h1-4,7H,(H,11,13)(H,12,14). The number of fused-ring (bicyclic) bond motifs is 1. The number of para-hydroxylation sites is 2. The van der Waals surface area contributed by atoms with E-state index in [9.17, 15) is 14.0 Å². The van der Waals surface area contributed by atoms with Crippen molar-refractivity contribution in [1.29, 1.82) is 0 Å². The zero-order chi connectivity index (χ0) is 10.1. The second-order valence-corrected chi connectivity index (χ2v) is 2.89. The molecular formula is C9H7FN2O2. The summed E-state index contributed by atoms with van der Waals surface area (Å²) in [7, 11) is 0. The van der Waals surface area contributed by atoms with Crippen LogP contribution in [0.15, 0.2) is 24.3 Å². The van der Waals surface area contributed by atoms with Crippen LogP contribution in [0.3, 0.4) is 0 Å². The van der Waals surface area contributed by atoms with Crippen LogP contribution in [-0.4, -0.2) is 18.0 Å². The molecule has 14 heavy (non-hydrogen) atoms. The van der Waals surface area contributed by atoms with Gasteiger partial charge in [0.05, 0.1) is 11.4 Å². The smallest absolute Gasteiger partial charge is 0.268 e. The van der Waals surface area contributed by atoms with Crippen LogP contribution in [0.2, 0.25) is 0 Å². The molecule has 2 rings (SSSR count). The van der Waals surface area contributed by atoms with E-state index in [1.54, 1.807) is 24.3 Å². The molecule has 1 heterocycles. The molecule has 0 aliphatic carbocycles. The van der Waals surface area contributed by atoms with E-state index >= 15 is 0 Å². The molecule has 2 amide bonds. The zero-order valence-electron chi connectivity index (χ0n) is 7.08. The van der Waals surface area contributed by atoms with E-state index in [1.807, 2.05) is 0 Å². The maximum atomic E-state index is 13.0. The molecule has 0 radical (unpaired) electrons. The molecule has 0 bridgehead atoms. The average Bonchev–Trinajstić information content (AvgIpc) is 2.28. The molecule has 5 heteroatoms. The summed E-state index contributed by atoms with van der Waals surface area (Å²) in [5.74, 6) is -1.88. The number of halogens is 1. The normalized spacial score (nSPS) is 16.6. The van der Waals surface area contributed by atoms with Gasteiger partial charge in [-0.3, -0.25) is 9.59 Å². The van der Waals surface area contributed by atoms with Gasteiger partial charge in [0.25, 0.3) is 18.0 Å². The molecule has 4 nitrogen and oxygen atoms in total. The number of benzene rings is 1. The van der Waals surface area contributed by atoms with Crippen LogP contribution in [0.1, 0.15) is 0 Å². The van der Waals surface area contributed by atoms with Crippen molar-refractivity contribution in [3.8, 4) is 0 Å². The van der Waals surface area contributed by atoms with Gasteiger partial charge in [0.2, 0.25) is 0 Å². The molecule has 0 fully saturated rings. The minimum atomic E-state index is -2.15. The van der Waals surface area contributed by atoms with E-state index in [-0.39, 0.29) is 0 Å². The summed E-state index contributed by atoms with van der Waals surface area (Å²) in [5, 5.41) is 4.61. The maximum absolute atomic E-state index is 13.0. The van der Waals surface area contributed by atoms with Crippen molar-refractivity contribution in [3.05, 3.63) is 24.3 Å². The molecule has 2 N–H and O–H groups in total. The molecule has 0 unspecified atom stereocenters. The molecule has 72 valence electrons. The molecule has 0 saturated heterocycles. The number of carbonyl (C=O) groups is 2. The minimum Gasteiger partial charge on any atom is -0.321 e.